The van der Waals surface area contributed by atoms with Crippen LogP contribution in [0.25, 0.3) is 0 Å². The molecule has 1 unspecified atom stereocenters. The van der Waals surface area contributed by atoms with E-state index in [0.29, 0.717) is 0 Å². The summed E-state index contributed by atoms with van der Waals surface area (Å²) in [6.07, 6.45) is 0. The number of aliphatic carboxylic acids is 1. The monoisotopic (exact) mass is 237 g/mol. The molecule has 1 rings (SSSR count). The topological polar surface area (TPSA) is 58.6 Å². The van der Waals surface area contributed by atoms with Gasteiger partial charge in [0, 0.05) is 0 Å². The second kappa shape index (κ2) is 5.68. The van der Waals surface area contributed by atoms with E-state index in [2.05, 4.69) is 11.4 Å². The van der Waals surface area contributed by atoms with Crippen molar-refractivity contribution >= 4 is 5.97 Å². The fourth-order valence-corrected chi connectivity index (χ4v) is 1.60. The lowest BCUT2D eigenvalue weighted by Gasteiger charge is -2.16. The molecule has 1 atom stereocenters. The molecule has 94 valence electrons. The summed E-state index contributed by atoms with van der Waals surface area (Å²) >= 11 is 0. The molecule has 0 saturated carbocycles. The lowest BCUT2D eigenvalue weighted by molar-refractivity contribution is -0.140. The van der Waals surface area contributed by atoms with Crippen molar-refractivity contribution in [3.8, 4) is 5.75 Å². The Morgan fingerprint density at radius 1 is 1.41 bits per heavy atom. The van der Waals surface area contributed by atoms with E-state index in [1.807, 2.05) is 26.8 Å². The minimum absolute atomic E-state index is 0.121. The van der Waals surface area contributed by atoms with E-state index in [1.54, 1.807) is 7.05 Å². The highest BCUT2D eigenvalue weighted by atomic mass is 16.5. The van der Waals surface area contributed by atoms with Gasteiger partial charge in [-0.05, 0) is 50.6 Å². The van der Waals surface area contributed by atoms with Gasteiger partial charge in [-0.2, -0.15) is 0 Å². The third-order valence-corrected chi connectivity index (χ3v) is 2.82. The van der Waals surface area contributed by atoms with E-state index in [9.17, 15) is 4.79 Å². The molecule has 0 radical (unpaired) electrons. The van der Waals surface area contributed by atoms with E-state index < -0.39 is 12.0 Å². The van der Waals surface area contributed by atoms with Crippen LogP contribution in [0, 0.1) is 20.8 Å². The fraction of sp³-hybridized carbons (Fsp3) is 0.462. The number of carboxylic acid groups (broad SMARTS) is 1. The Morgan fingerprint density at radius 3 is 2.59 bits per heavy atom. The van der Waals surface area contributed by atoms with Gasteiger partial charge in [0.1, 0.15) is 18.4 Å². The fourth-order valence-electron chi connectivity index (χ4n) is 1.60. The maximum absolute atomic E-state index is 10.8. The van der Waals surface area contributed by atoms with Crippen LogP contribution in [0.1, 0.15) is 16.7 Å². The molecule has 0 aliphatic heterocycles. The summed E-state index contributed by atoms with van der Waals surface area (Å²) in [6.45, 7) is 6.10. The van der Waals surface area contributed by atoms with Crippen LogP contribution in [0.3, 0.4) is 0 Å². The van der Waals surface area contributed by atoms with Crippen LogP contribution in [0.4, 0.5) is 0 Å². The van der Waals surface area contributed by atoms with Crippen molar-refractivity contribution in [3.63, 3.8) is 0 Å². The minimum atomic E-state index is -0.908. The van der Waals surface area contributed by atoms with Crippen LogP contribution in [0.2, 0.25) is 0 Å². The third-order valence-electron chi connectivity index (χ3n) is 2.82. The molecular weight excluding hydrogens is 218 g/mol. The Bertz CT molecular complexity index is 415. The standard InChI is InChI=1S/C13H19NO3/c1-8-5-9(2)10(3)12(6-8)17-7-11(14-4)13(15)16/h5-6,11,14H,7H2,1-4H3,(H,15,16). The highest BCUT2D eigenvalue weighted by Crippen LogP contribution is 2.23. The number of benzene rings is 1. The maximum atomic E-state index is 10.8. The van der Waals surface area contributed by atoms with Gasteiger partial charge in [0.2, 0.25) is 0 Å². The van der Waals surface area contributed by atoms with Crippen molar-refractivity contribution in [2.45, 2.75) is 26.8 Å². The van der Waals surface area contributed by atoms with Crippen LogP contribution in [0.5, 0.6) is 5.75 Å². The highest BCUT2D eigenvalue weighted by molar-refractivity contribution is 5.73. The van der Waals surface area contributed by atoms with Crippen LogP contribution >= 0.6 is 0 Å². The first kappa shape index (κ1) is 13.5. The Kier molecular flexibility index (Phi) is 4.52. The average Bonchev–Trinajstić information content (AvgIpc) is 2.25. The Labute approximate surface area is 102 Å². The average molecular weight is 237 g/mol. The molecule has 0 amide bonds. The third kappa shape index (κ3) is 3.46. The van der Waals surface area contributed by atoms with Gasteiger partial charge >= 0.3 is 5.97 Å². The van der Waals surface area contributed by atoms with Crippen molar-refractivity contribution in [1.82, 2.24) is 5.32 Å². The molecule has 0 aliphatic carbocycles. The van der Waals surface area contributed by atoms with E-state index in [-0.39, 0.29) is 6.61 Å². The molecule has 2 N–H and O–H groups in total. The summed E-state index contributed by atoms with van der Waals surface area (Å²) in [4.78, 5) is 10.8. The van der Waals surface area contributed by atoms with Crippen LogP contribution in [-0.2, 0) is 4.79 Å². The van der Waals surface area contributed by atoms with Gasteiger partial charge in [-0.15, -0.1) is 0 Å². The van der Waals surface area contributed by atoms with Gasteiger partial charge in [-0.1, -0.05) is 6.07 Å². The second-order valence-corrected chi connectivity index (χ2v) is 4.20. The molecule has 1 aromatic carbocycles. The number of likely N-dealkylation sites (N-methyl/N-ethyl adjacent to an activating group) is 1. The number of nitrogens with one attached hydrogen (secondary N) is 1. The van der Waals surface area contributed by atoms with Crippen LogP contribution in [0.15, 0.2) is 12.1 Å². The maximum Gasteiger partial charge on any atom is 0.324 e. The lowest BCUT2D eigenvalue weighted by atomic mass is 10.1. The molecule has 0 fully saturated rings. The molecule has 0 bridgehead atoms. The number of hydrogen-bond donors (Lipinski definition) is 2. The predicted molar refractivity (Wildman–Crippen MR) is 66.6 cm³/mol. The van der Waals surface area contributed by atoms with Gasteiger partial charge in [0.05, 0.1) is 0 Å². The zero-order valence-electron chi connectivity index (χ0n) is 10.7. The zero-order valence-corrected chi connectivity index (χ0v) is 10.7. The number of carboxylic acids is 1. The summed E-state index contributed by atoms with van der Waals surface area (Å²) < 4.78 is 5.57. The molecule has 0 spiro atoms. The number of aryl methyl sites for hydroxylation is 2. The minimum Gasteiger partial charge on any atom is -0.491 e. The van der Waals surface area contributed by atoms with Crippen molar-refractivity contribution in [3.05, 3.63) is 28.8 Å². The van der Waals surface area contributed by atoms with Crippen molar-refractivity contribution in [2.75, 3.05) is 13.7 Å². The Morgan fingerprint density at radius 2 is 2.06 bits per heavy atom. The summed E-state index contributed by atoms with van der Waals surface area (Å²) in [7, 11) is 1.61. The number of rotatable bonds is 5. The highest BCUT2D eigenvalue weighted by Gasteiger charge is 2.16. The number of ether oxygens (including phenoxy) is 1. The van der Waals surface area contributed by atoms with Gasteiger partial charge in [-0.3, -0.25) is 4.79 Å². The van der Waals surface area contributed by atoms with E-state index in [1.165, 1.54) is 0 Å². The largest absolute Gasteiger partial charge is 0.491 e. The van der Waals surface area contributed by atoms with Crippen molar-refractivity contribution < 1.29 is 14.6 Å². The van der Waals surface area contributed by atoms with Crippen LogP contribution < -0.4 is 10.1 Å². The first-order valence-corrected chi connectivity index (χ1v) is 5.56. The van der Waals surface area contributed by atoms with Gasteiger partial charge in [0.25, 0.3) is 0 Å². The predicted octanol–water partition coefficient (Wildman–Crippen LogP) is 1.66. The summed E-state index contributed by atoms with van der Waals surface area (Å²) in [6, 6.07) is 3.32. The Balaban J connectivity index is 2.78. The summed E-state index contributed by atoms with van der Waals surface area (Å²) in [5, 5.41) is 11.6. The number of carbonyl (C=O) groups is 1. The van der Waals surface area contributed by atoms with E-state index >= 15 is 0 Å². The second-order valence-electron chi connectivity index (χ2n) is 4.20. The molecule has 0 heterocycles. The first-order valence-electron chi connectivity index (χ1n) is 5.56. The molecular formula is C13H19NO3. The summed E-state index contributed by atoms with van der Waals surface area (Å²) in [5.74, 6) is -0.154. The molecule has 17 heavy (non-hydrogen) atoms. The Hall–Kier alpha value is -1.55. The molecule has 1 aromatic rings. The molecule has 0 aromatic heterocycles. The smallest absolute Gasteiger partial charge is 0.324 e. The van der Waals surface area contributed by atoms with Crippen molar-refractivity contribution in [2.24, 2.45) is 0 Å². The zero-order chi connectivity index (χ0) is 13.0. The molecule has 4 heteroatoms. The van der Waals surface area contributed by atoms with Crippen molar-refractivity contribution in [1.29, 1.82) is 0 Å². The first-order chi connectivity index (χ1) is 7.95. The van der Waals surface area contributed by atoms with Gasteiger partial charge in [0.15, 0.2) is 0 Å². The lowest BCUT2D eigenvalue weighted by Crippen LogP contribution is -2.39. The van der Waals surface area contributed by atoms with Gasteiger partial charge in [-0.25, -0.2) is 0 Å². The summed E-state index contributed by atoms with van der Waals surface area (Å²) in [5.41, 5.74) is 3.31. The quantitative estimate of drug-likeness (QED) is 0.817. The normalized spacial score (nSPS) is 12.2. The molecule has 0 aliphatic rings. The number of hydrogen-bond acceptors (Lipinski definition) is 3. The van der Waals surface area contributed by atoms with E-state index in [0.717, 1.165) is 22.4 Å². The van der Waals surface area contributed by atoms with Gasteiger partial charge < -0.3 is 15.2 Å². The van der Waals surface area contributed by atoms with Crippen LogP contribution in [-0.4, -0.2) is 30.8 Å². The van der Waals surface area contributed by atoms with E-state index in [4.69, 9.17) is 9.84 Å². The SMILES string of the molecule is CNC(COc1cc(C)cc(C)c1C)C(=O)O. The molecule has 0 saturated heterocycles. The molecule has 4 nitrogen and oxygen atoms in total.